The maximum Gasteiger partial charge on any atom is 0.286 e. The molecule has 7 nitrogen and oxygen atoms in total. The van der Waals surface area contributed by atoms with E-state index < -0.39 is 5.91 Å². The van der Waals surface area contributed by atoms with E-state index in [9.17, 15) is 14.0 Å². The summed E-state index contributed by atoms with van der Waals surface area (Å²) in [5, 5.41) is 11.7. The van der Waals surface area contributed by atoms with Gasteiger partial charge >= 0.3 is 0 Å². The molecule has 2 heterocycles. The Hall–Kier alpha value is -3.33. The SMILES string of the molecule is COc1ccc(CC(=O)N2CCC[C@H]2c2nnc(C(=O)Nc3ccc(F)cc3)s2)cc1. The standard InChI is InChI=1S/C22H21FN4O3S/c1-30-17-10-4-14(5-11-17)13-19(28)27-12-2-3-18(27)21-25-26-22(31-21)20(29)24-16-8-6-15(23)7-9-16/h4-11,18H,2-3,12-13H2,1H3,(H,24,29)/t18-/m0/s1. The first-order valence-electron chi connectivity index (χ1n) is 9.86. The lowest BCUT2D eigenvalue weighted by molar-refractivity contribution is -0.131. The van der Waals surface area contributed by atoms with Crippen molar-refractivity contribution in [1.82, 2.24) is 15.1 Å². The molecule has 3 aromatic rings. The van der Waals surface area contributed by atoms with Crippen LogP contribution in [-0.2, 0) is 11.2 Å². The Labute approximate surface area is 182 Å². The summed E-state index contributed by atoms with van der Waals surface area (Å²) in [6.07, 6.45) is 1.94. The predicted octanol–water partition coefficient (Wildman–Crippen LogP) is 3.84. The molecule has 1 fully saturated rings. The van der Waals surface area contributed by atoms with Gasteiger partial charge in [-0.05, 0) is 54.8 Å². The van der Waals surface area contributed by atoms with Crippen molar-refractivity contribution in [3.63, 3.8) is 0 Å². The summed E-state index contributed by atoms with van der Waals surface area (Å²) in [6.45, 7) is 0.649. The molecule has 1 atom stereocenters. The van der Waals surface area contributed by atoms with Crippen LogP contribution in [0.2, 0.25) is 0 Å². The monoisotopic (exact) mass is 440 g/mol. The Kier molecular flexibility index (Phi) is 6.22. The van der Waals surface area contributed by atoms with E-state index in [-0.39, 0.29) is 29.2 Å². The molecule has 0 saturated carbocycles. The zero-order chi connectivity index (χ0) is 21.8. The molecule has 0 aliphatic carbocycles. The number of methoxy groups -OCH3 is 1. The molecule has 2 amide bonds. The van der Waals surface area contributed by atoms with E-state index >= 15 is 0 Å². The highest BCUT2D eigenvalue weighted by Crippen LogP contribution is 2.34. The van der Waals surface area contributed by atoms with Crippen LogP contribution in [0.5, 0.6) is 5.75 Å². The Morgan fingerprint density at radius 3 is 2.61 bits per heavy atom. The van der Waals surface area contributed by atoms with Crippen molar-refractivity contribution >= 4 is 28.8 Å². The van der Waals surface area contributed by atoms with Crippen molar-refractivity contribution in [2.75, 3.05) is 19.0 Å². The maximum atomic E-state index is 13.0. The summed E-state index contributed by atoms with van der Waals surface area (Å²) in [6, 6.07) is 12.7. The minimum absolute atomic E-state index is 0.0141. The van der Waals surface area contributed by atoms with Gasteiger partial charge in [0.05, 0.1) is 19.6 Å². The second kappa shape index (κ2) is 9.22. The van der Waals surface area contributed by atoms with Gasteiger partial charge in [-0.2, -0.15) is 0 Å². The molecule has 31 heavy (non-hydrogen) atoms. The normalized spacial score (nSPS) is 15.7. The fourth-order valence-electron chi connectivity index (χ4n) is 3.52. The fourth-order valence-corrected chi connectivity index (χ4v) is 4.41. The quantitative estimate of drug-likeness (QED) is 0.630. The molecule has 1 aliphatic heterocycles. The Bertz CT molecular complexity index is 1070. The van der Waals surface area contributed by atoms with Crippen molar-refractivity contribution < 1.29 is 18.7 Å². The second-order valence-corrected chi connectivity index (χ2v) is 8.19. The van der Waals surface area contributed by atoms with Gasteiger partial charge in [-0.25, -0.2) is 4.39 Å². The van der Waals surface area contributed by atoms with E-state index in [0.29, 0.717) is 17.2 Å². The molecule has 4 rings (SSSR count). The van der Waals surface area contributed by atoms with Crippen LogP contribution in [0.4, 0.5) is 10.1 Å². The van der Waals surface area contributed by atoms with Crippen molar-refractivity contribution in [3.05, 3.63) is 69.9 Å². The number of amides is 2. The minimum atomic E-state index is -0.413. The zero-order valence-corrected chi connectivity index (χ0v) is 17.7. The van der Waals surface area contributed by atoms with Crippen molar-refractivity contribution in [2.24, 2.45) is 0 Å². The van der Waals surface area contributed by atoms with Crippen LogP contribution in [0.1, 0.15) is 39.3 Å². The first kappa shape index (κ1) is 20.9. The van der Waals surface area contributed by atoms with E-state index in [2.05, 4.69) is 15.5 Å². The molecule has 160 valence electrons. The van der Waals surface area contributed by atoms with Gasteiger partial charge in [-0.3, -0.25) is 9.59 Å². The van der Waals surface area contributed by atoms with Crippen LogP contribution in [0.15, 0.2) is 48.5 Å². The van der Waals surface area contributed by atoms with Gasteiger partial charge in [-0.1, -0.05) is 23.5 Å². The molecule has 0 bridgehead atoms. The number of ether oxygens (including phenoxy) is 1. The van der Waals surface area contributed by atoms with E-state index in [4.69, 9.17) is 4.74 Å². The lowest BCUT2D eigenvalue weighted by atomic mass is 10.1. The van der Waals surface area contributed by atoms with Gasteiger partial charge in [0.25, 0.3) is 5.91 Å². The van der Waals surface area contributed by atoms with Gasteiger partial charge in [0.1, 0.15) is 16.6 Å². The van der Waals surface area contributed by atoms with Gasteiger partial charge in [0, 0.05) is 12.2 Å². The molecular formula is C22H21FN4O3S. The lowest BCUT2D eigenvalue weighted by Gasteiger charge is -2.22. The van der Waals surface area contributed by atoms with Crippen molar-refractivity contribution in [1.29, 1.82) is 0 Å². The van der Waals surface area contributed by atoms with E-state index in [1.54, 1.807) is 7.11 Å². The number of halogens is 1. The third kappa shape index (κ3) is 4.88. The summed E-state index contributed by atoms with van der Waals surface area (Å²) in [7, 11) is 1.60. The third-order valence-corrected chi connectivity index (χ3v) is 6.13. The van der Waals surface area contributed by atoms with Crippen molar-refractivity contribution in [2.45, 2.75) is 25.3 Å². The molecule has 9 heteroatoms. The Morgan fingerprint density at radius 2 is 1.90 bits per heavy atom. The van der Waals surface area contributed by atoms with E-state index in [1.807, 2.05) is 29.2 Å². The van der Waals surface area contributed by atoms with Crippen LogP contribution in [-0.4, -0.2) is 40.6 Å². The second-order valence-electron chi connectivity index (χ2n) is 7.18. The molecule has 0 radical (unpaired) electrons. The number of likely N-dealkylation sites (tertiary alicyclic amines) is 1. The molecule has 1 aromatic heterocycles. The highest BCUT2D eigenvalue weighted by molar-refractivity contribution is 7.13. The fraction of sp³-hybridized carbons (Fsp3) is 0.273. The first-order chi connectivity index (χ1) is 15.0. The first-order valence-corrected chi connectivity index (χ1v) is 10.7. The number of nitrogens with zero attached hydrogens (tertiary/aromatic N) is 3. The molecule has 1 N–H and O–H groups in total. The summed E-state index contributed by atoms with van der Waals surface area (Å²) < 4.78 is 18.2. The van der Waals surface area contributed by atoms with Gasteiger partial charge < -0.3 is 15.0 Å². The zero-order valence-electron chi connectivity index (χ0n) is 16.9. The largest absolute Gasteiger partial charge is 0.497 e. The molecule has 1 saturated heterocycles. The average Bonchev–Trinajstić information content (AvgIpc) is 3.45. The number of nitrogens with one attached hydrogen (secondary N) is 1. The Morgan fingerprint density at radius 1 is 1.16 bits per heavy atom. The summed E-state index contributed by atoms with van der Waals surface area (Å²) in [5.74, 6) is -0.0305. The lowest BCUT2D eigenvalue weighted by Crippen LogP contribution is -2.31. The molecule has 2 aromatic carbocycles. The van der Waals surface area contributed by atoms with Gasteiger partial charge in [0.15, 0.2) is 0 Å². The highest BCUT2D eigenvalue weighted by Gasteiger charge is 2.33. The van der Waals surface area contributed by atoms with Crippen LogP contribution >= 0.6 is 11.3 Å². The number of benzene rings is 2. The highest BCUT2D eigenvalue weighted by atomic mass is 32.1. The molecule has 0 unspecified atom stereocenters. The number of anilines is 1. The van der Waals surface area contributed by atoms with Crippen molar-refractivity contribution in [3.8, 4) is 5.75 Å². The van der Waals surface area contributed by atoms with E-state index in [1.165, 1.54) is 35.6 Å². The smallest absolute Gasteiger partial charge is 0.286 e. The average molecular weight is 441 g/mol. The molecule has 1 aliphatic rings. The minimum Gasteiger partial charge on any atom is -0.497 e. The number of carbonyl (C=O) groups excluding carboxylic acids is 2. The number of carbonyl (C=O) groups is 2. The number of aromatic nitrogens is 2. The molecule has 0 spiro atoms. The van der Waals surface area contributed by atoms with Gasteiger partial charge in [0.2, 0.25) is 10.9 Å². The predicted molar refractivity (Wildman–Crippen MR) is 115 cm³/mol. The Balaban J connectivity index is 1.42. The third-order valence-electron chi connectivity index (χ3n) is 5.11. The number of hydrogen-bond acceptors (Lipinski definition) is 6. The topological polar surface area (TPSA) is 84.4 Å². The van der Waals surface area contributed by atoms with Crippen LogP contribution in [0.3, 0.4) is 0 Å². The van der Waals surface area contributed by atoms with Gasteiger partial charge in [-0.15, -0.1) is 10.2 Å². The summed E-state index contributed by atoms with van der Waals surface area (Å²) >= 11 is 1.17. The van der Waals surface area contributed by atoms with Crippen LogP contribution in [0, 0.1) is 5.82 Å². The van der Waals surface area contributed by atoms with Crippen LogP contribution < -0.4 is 10.1 Å². The molecular weight excluding hydrogens is 419 g/mol. The summed E-state index contributed by atoms with van der Waals surface area (Å²) in [5.41, 5.74) is 1.38. The van der Waals surface area contributed by atoms with Crippen LogP contribution in [0.25, 0.3) is 0 Å². The number of hydrogen-bond donors (Lipinski definition) is 1. The number of rotatable bonds is 6. The maximum absolute atomic E-state index is 13.0. The summed E-state index contributed by atoms with van der Waals surface area (Å²) in [4.78, 5) is 27.2. The van der Waals surface area contributed by atoms with E-state index in [0.717, 1.165) is 24.2 Å².